The Hall–Kier alpha value is -1.46. The molecule has 0 radical (unpaired) electrons. The molecule has 6 heteroatoms. The van der Waals surface area contributed by atoms with Crippen LogP contribution in [0, 0.1) is 5.92 Å². The molecule has 1 aromatic carbocycles. The molecule has 0 aromatic heterocycles. The van der Waals surface area contributed by atoms with Crippen molar-refractivity contribution in [3.8, 4) is 11.5 Å². The first-order valence-corrected chi connectivity index (χ1v) is 7.04. The predicted molar refractivity (Wildman–Crippen MR) is 82.0 cm³/mol. The molecular formula is C15H22ClNO4. The van der Waals surface area contributed by atoms with Gasteiger partial charge in [0.25, 0.3) is 0 Å². The number of hydrogen-bond donors (Lipinski definition) is 1. The fourth-order valence-corrected chi connectivity index (χ4v) is 2.30. The van der Waals surface area contributed by atoms with Crippen LogP contribution in [0.4, 0.5) is 0 Å². The molecule has 1 atom stereocenters. The molecule has 0 bridgehead atoms. The van der Waals surface area contributed by atoms with Crippen LogP contribution in [-0.2, 0) is 16.1 Å². The Bertz CT molecular complexity index is 491. The third-order valence-corrected chi connectivity index (χ3v) is 3.61. The van der Waals surface area contributed by atoms with Crippen LogP contribution in [0.3, 0.4) is 0 Å². The Morgan fingerprint density at radius 2 is 1.90 bits per heavy atom. The Balaban J connectivity index is 2.90. The Morgan fingerprint density at radius 3 is 2.38 bits per heavy atom. The second kappa shape index (κ2) is 8.10. The number of carbonyl (C=O) groups excluding carboxylic acids is 1. The molecule has 1 rings (SSSR count). The fraction of sp³-hybridized carbons (Fsp3) is 0.533. The quantitative estimate of drug-likeness (QED) is 0.784. The molecule has 0 aliphatic carbocycles. The molecule has 0 heterocycles. The van der Waals surface area contributed by atoms with E-state index in [1.807, 2.05) is 19.9 Å². The van der Waals surface area contributed by atoms with Gasteiger partial charge in [-0.1, -0.05) is 31.5 Å². The average molecular weight is 316 g/mol. The molecule has 21 heavy (non-hydrogen) atoms. The number of esters is 1. The zero-order valence-electron chi connectivity index (χ0n) is 13.0. The van der Waals surface area contributed by atoms with Crippen LogP contribution in [-0.4, -0.2) is 33.3 Å². The number of nitrogens with one attached hydrogen (secondary N) is 1. The van der Waals surface area contributed by atoms with E-state index in [2.05, 4.69) is 5.32 Å². The lowest BCUT2D eigenvalue weighted by molar-refractivity contribution is -0.144. The summed E-state index contributed by atoms with van der Waals surface area (Å²) in [5.74, 6) is 0.871. The number of ether oxygens (including phenoxy) is 3. The van der Waals surface area contributed by atoms with Crippen LogP contribution in [0.25, 0.3) is 0 Å². The minimum Gasteiger partial charge on any atom is -0.493 e. The number of rotatable bonds is 7. The Morgan fingerprint density at radius 1 is 1.24 bits per heavy atom. The van der Waals surface area contributed by atoms with Crippen molar-refractivity contribution in [3.05, 3.63) is 22.7 Å². The lowest BCUT2D eigenvalue weighted by Gasteiger charge is -2.20. The van der Waals surface area contributed by atoms with Crippen LogP contribution < -0.4 is 14.8 Å². The average Bonchev–Trinajstić information content (AvgIpc) is 2.47. The summed E-state index contributed by atoms with van der Waals surface area (Å²) in [4.78, 5) is 11.7. The van der Waals surface area contributed by atoms with Crippen LogP contribution in [0.15, 0.2) is 12.1 Å². The highest BCUT2D eigenvalue weighted by Crippen LogP contribution is 2.37. The molecule has 118 valence electrons. The largest absolute Gasteiger partial charge is 0.493 e. The summed E-state index contributed by atoms with van der Waals surface area (Å²) in [6.45, 7) is 4.33. The van der Waals surface area contributed by atoms with E-state index in [1.54, 1.807) is 13.2 Å². The maximum absolute atomic E-state index is 11.7. The van der Waals surface area contributed by atoms with Gasteiger partial charge in [0.05, 0.1) is 26.4 Å². The number of carbonyl (C=O) groups is 1. The van der Waals surface area contributed by atoms with E-state index in [9.17, 15) is 4.79 Å². The number of methoxy groups -OCH3 is 3. The minimum absolute atomic E-state index is 0.108. The van der Waals surface area contributed by atoms with Gasteiger partial charge in [0.1, 0.15) is 6.04 Å². The van der Waals surface area contributed by atoms with E-state index < -0.39 is 0 Å². The lowest BCUT2D eigenvalue weighted by Crippen LogP contribution is -2.41. The van der Waals surface area contributed by atoms with Gasteiger partial charge in [-0.2, -0.15) is 0 Å². The normalized spacial score (nSPS) is 12.1. The van der Waals surface area contributed by atoms with Gasteiger partial charge < -0.3 is 19.5 Å². The second-order valence-corrected chi connectivity index (χ2v) is 5.28. The van der Waals surface area contributed by atoms with Crippen molar-refractivity contribution in [1.82, 2.24) is 5.32 Å². The van der Waals surface area contributed by atoms with E-state index >= 15 is 0 Å². The molecule has 0 amide bonds. The second-order valence-electron chi connectivity index (χ2n) is 4.90. The van der Waals surface area contributed by atoms with Gasteiger partial charge in [0, 0.05) is 6.54 Å². The summed E-state index contributed by atoms with van der Waals surface area (Å²) >= 11 is 6.31. The smallest absolute Gasteiger partial charge is 0.323 e. The molecule has 0 unspecified atom stereocenters. The maximum Gasteiger partial charge on any atom is 0.323 e. The van der Waals surface area contributed by atoms with E-state index in [4.69, 9.17) is 25.8 Å². The standard InChI is InChI=1S/C15H22ClNO4/c1-9(2)13(15(18)21-5)17-8-10-6-7-11(19-3)14(20-4)12(10)16/h6-7,9,13,17H,8H2,1-5H3/t13-/m0/s1. The molecular weight excluding hydrogens is 294 g/mol. The first-order valence-electron chi connectivity index (χ1n) is 6.66. The number of halogens is 1. The lowest BCUT2D eigenvalue weighted by atomic mass is 10.0. The van der Waals surface area contributed by atoms with Crippen molar-refractivity contribution in [3.63, 3.8) is 0 Å². The summed E-state index contributed by atoms with van der Waals surface area (Å²) in [7, 11) is 4.47. The van der Waals surface area contributed by atoms with Crippen molar-refractivity contribution in [2.75, 3.05) is 21.3 Å². The van der Waals surface area contributed by atoms with Gasteiger partial charge in [-0.15, -0.1) is 0 Å². The van der Waals surface area contributed by atoms with Crippen LogP contribution in [0.2, 0.25) is 5.02 Å². The first-order chi connectivity index (χ1) is 9.96. The molecule has 1 N–H and O–H groups in total. The van der Waals surface area contributed by atoms with E-state index in [-0.39, 0.29) is 17.9 Å². The highest BCUT2D eigenvalue weighted by atomic mass is 35.5. The van der Waals surface area contributed by atoms with Crippen molar-refractivity contribution in [1.29, 1.82) is 0 Å². The first kappa shape index (κ1) is 17.6. The van der Waals surface area contributed by atoms with Gasteiger partial charge in [-0.05, 0) is 17.5 Å². The monoisotopic (exact) mass is 315 g/mol. The third-order valence-electron chi connectivity index (χ3n) is 3.20. The van der Waals surface area contributed by atoms with Gasteiger partial charge >= 0.3 is 5.97 Å². The van der Waals surface area contributed by atoms with Crippen molar-refractivity contribution >= 4 is 17.6 Å². The SMILES string of the molecule is COC(=O)[C@@H](NCc1ccc(OC)c(OC)c1Cl)C(C)C. The summed E-state index contributed by atoms with van der Waals surface area (Å²) < 4.78 is 15.2. The number of hydrogen-bond acceptors (Lipinski definition) is 5. The molecule has 0 spiro atoms. The highest BCUT2D eigenvalue weighted by molar-refractivity contribution is 6.33. The molecule has 0 saturated carbocycles. The van der Waals surface area contributed by atoms with E-state index in [0.29, 0.717) is 23.1 Å². The molecule has 0 aliphatic rings. The van der Waals surface area contributed by atoms with Crippen LogP contribution in [0.5, 0.6) is 11.5 Å². The Kier molecular flexibility index (Phi) is 6.78. The predicted octanol–water partition coefficient (Wildman–Crippen LogP) is 2.64. The van der Waals surface area contributed by atoms with Gasteiger partial charge in [-0.3, -0.25) is 4.79 Å². The summed E-state index contributed by atoms with van der Waals surface area (Å²) in [6, 6.07) is 3.23. The molecule has 0 fully saturated rings. The fourth-order valence-electron chi connectivity index (χ4n) is 2.00. The van der Waals surface area contributed by atoms with Gasteiger partial charge in [-0.25, -0.2) is 0 Å². The van der Waals surface area contributed by atoms with E-state index in [1.165, 1.54) is 14.2 Å². The maximum atomic E-state index is 11.7. The molecule has 0 saturated heterocycles. The van der Waals surface area contributed by atoms with E-state index in [0.717, 1.165) is 5.56 Å². The third kappa shape index (κ3) is 4.25. The summed E-state index contributed by atoms with van der Waals surface area (Å²) in [5.41, 5.74) is 0.823. The van der Waals surface area contributed by atoms with Gasteiger partial charge in [0.15, 0.2) is 11.5 Å². The van der Waals surface area contributed by atoms with Crippen LogP contribution >= 0.6 is 11.6 Å². The zero-order valence-corrected chi connectivity index (χ0v) is 13.8. The van der Waals surface area contributed by atoms with Gasteiger partial charge in [0.2, 0.25) is 0 Å². The number of benzene rings is 1. The van der Waals surface area contributed by atoms with Crippen molar-refractivity contribution in [2.45, 2.75) is 26.4 Å². The molecule has 0 aliphatic heterocycles. The zero-order chi connectivity index (χ0) is 16.0. The van der Waals surface area contributed by atoms with Crippen molar-refractivity contribution in [2.24, 2.45) is 5.92 Å². The molecule has 5 nitrogen and oxygen atoms in total. The topological polar surface area (TPSA) is 56.8 Å². The van der Waals surface area contributed by atoms with Crippen LogP contribution in [0.1, 0.15) is 19.4 Å². The summed E-state index contributed by atoms with van der Waals surface area (Å²) in [5, 5.41) is 3.63. The molecule has 1 aromatic rings. The van der Waals surface area contributed by atoms with Crippen molar-refractivity contribution < 1.29 is 19.0 Å². The minimum atomic E-state index is -0.390. The highest BCUT2D eigenvalue weighted by Gasteiger charge is 2.23. The summed E-state index contributed by atoms with van der Waals surface area (Å²) in [6.07, 6.45) is 0. The Labute approximate surface area is 130 Å².